The predicted molar refractivity (Wildman–Crippen MR) is 111 cm³/mol. The predicted octanol–water partition coefficient (Wildman–Crippen LogP) is 4.47. The van der Waals surface area contributed by atoms with Gasteiger partial charge in [0, 0.05) is 24.0 Å². The highest BCUT2D eigenvalue weighted by atomic mass is 16.5. The standard InChI is InChI=1S/C22H24N4O2/c1-15(2)16-8-10-18(11-9-16)25-21(27)19-12-13-23-22(26-19)24-14-17-6-4-5-7-20(17)28-3/h4-13,15H,14H2,1-3H3,(H,25,27)(H,23,24,26). The van der Waals surface area contributed by atoms with E-state index < -0.39 is 0 Å². The fraction of sp³-hybridized carbons (Fsp3) is 0.227. The van der Waals surface area contributed by atoms with Gasteiger partial charge in [0.05, 0.1) is 7.11 Å². The Morgan fingerprint density at radius 2 is 1.82 bits per heavy atom. The number of nitrogens with one attached hydrogen (secondary N) is 2. The molecule has 2 N–H and O–H groups in total. The summed E-state index contributed by atoms with van der Waals surface area (Å²) >= 11 is 0. The number of methoxy groups -OCH3 is 1. The topological polar surface area (TPSA) is 76.1 Å². The molecule has 0 atom stereocenters. The molecular weight excluding hydrogens is 352 g/mol. The summed E-state index contributed by atoms with van der Waals surface area (Å²) in [5.74, 6) is 1.34. The van der Waals surface area contributed by atoms with Crippen molar-refractivity contribution in [1.29, 1.82) is 0 Å². The first-order chi connectivity index (χ1) is 13.6. The molecule has 6 nitrogen and oxygen atoms in total. The summed E-state index contributed by atoms with van der Waals surface area (Å²) in [5, 5.41) is 6.00. The quantitative estimate of drug-likeness (QED) is 0.636. The highest BCUT2D eigenvalue weighted by Gasteiger charge is 2.10. The molecule has 2 aromatic carbocycles. The maximum absolute atomic E-state index is 12.5. The average Bonchev–Trinajstić information content (AvgIpc) is 2.73. The van der Waals surface area contributed by atoms with Crippen LogP contribution in [0.2, 0.25) is 0 Å². The zero-order valence-electron chi connectivity index (χ0n) is 16.3. The second kappa shape index (κ2) is 8.99. The second-order valence-electron chi connectivity index (χ2n) is 6.66. The summed E-state index contributed by atoms with van der Waals surface area (Å²) in [6, 6.07) is 17.1. The average molecular weight is 376 g/mol. The number of aromatic nitrogens is 2. The number of ether oxygens (including phenoxy) is 1. The van der Waals surface area contributed by atoms with Crippen LogP contribution < -0.4 is 15.4 Å². The van der Waals surface area contributed by atoms with Crippen molar-refractivity contribution >= 4 is 17.5 Å². The van der Waals surface area contributed by atoms with Crippen LogP contribution in [0.3, 0.4) is 0 Å². The largest absolute Gasteiger partial charge is 0.496 e. The van der Waals surface area contributed by atoms with Crippen LogP contribution in [0, 0.1) is 0 Å². The number of anilines is 2. The molecule has 0 aliphatic heterocycles. The number of para-hydroxylation sites is 1. The van der Waals surface area contributed by atoms with Gasteiger partial charge < -0.3 is 15.4 Å². The van der Waals surface area contributed by atoms with Gasteiger partial charge in [-0.3, -0.25) is 4.79 Å². The Bertz CT molecular complexity index is 939. The van der Waals surface area contributed by atoms with Crippen LogP contribution in [0.1, 0.15) is 41.4 Å². The number of carbonyl (C=O) groups is 1. The van der Waals surface area contributed by atoms with Gasteiger partial charge in [-0.1, -0.05) is 44.2 Å². The van der Waals surface area contributed by atoms with Crippen molar-refractivity contribution < 1.29 is 9.53 Å². The Morgan fingerprint density at radius 3 is 2.54 bits per heavy atom. The molecule has 0 radical (unpaired) electrons. The normalized spacial score (nSPS) is 10.6. The maximum Gasteiger partial charge on any atom is 0.274 e. The SMILES string of the molecule is COc1ccccc1CNc1nccc(C(=O)Nc2ccc(C(C)C)cc2)n1. The van der Waals surface area contributed by atoms with E-state index in [1.165, 1.54) is 5.56 Å². The van der Waals surface area contributed by atoms with Crippen LogP contribution in [0.5, 0.6) is 5.75 Å². The van der Waals surface area contributed by atoms with Gasteiger partial charge in [0.15, 0.2) is 0 Å². The van der Waals surface area contributed by atoms with E-state index in [1.54, 1.807) is 19.4 Å². The van der Waals surface area contributed by atoms with Gasteiger partial charge in [-0.05, 0) is 35.7 Å². The van der Waals surface area contributed by atoms with E-state index in [0.29, 0.717) is 24.1 Å². The molecule has 0 saturated carbocycles. The lowest BCUT2D eigenvalue weighted by atomic mass is 10.0. The first-order valence-electron chi connectivity index (χ1n) is 9.17. The van der Waals surface area contributed by atoms with Gasteiger partial charge in [-0.25, -0.2) is 9.97 Å². The smallest absolute Gasteiger partial charge is 0.274 e. The van der Waals surface area contributed by atoms with Crippen LogP contribution in [0.25, 0.3) is 0 Å². The molecule has 6 heteroatoms. The van der Waals surface area contributed by atoms with Gasteiger partial charge in [0.1, 0.15) is 11.4 Å². The van der Waals surface area contributed by atoms with Crippen LogP contribution in [0.4, 0.5) is 11.6 Å². The molecule has 144 valence electrons. The Balaban J connectivity index is 1.66. The molecule has 0 fully saturated rings. The van der Waals surface area contributed by atoms with E-state index in [9.17, 15) is 4.79 Å². The zero-order chi connectivity index (χ0) is 19.9. The first kappa shape index (κ1) is 19.4. The third kappa shape index (κ3) is 4.85. The fourth-order valence-corrected chi connectivity index (χ4v) is 2.74. The Morgan fingerprint density at radius 1 is 1.07 bits per heavy atom. The van der Waals surface area contributed by atoms with Crippen LogP contribution in [0.15, 0.2) is 60.8 Å². The van der Waals surface area contributed by atoms with Crippen molar-refractivity contribution in [1.82, 2.24) is 9.97 Å². The lowest BCUT2D eigenvalue weighted by molar-refractivity contribution is 0.102. The molecule has 1 aromatic heterocycles. The third-order valence-electron chi connectivity index (χ3n) is 4.35. The number of benzene rings is 2. The molecule has 28 heavy (non-hydrogen) atoms. The number of amides is 1. The lowest BCUT2D eigenvalue weighted by Crippen LogP contribution is -2.15. The highest BCUT2D eigenvalue weighted by molar-refractivity contribution is 6.02. The Hall–Kier alpha value is -3.41. The maximum atomic E-state index is 12.5. The number of rotatable bonds is 7. The summed E-state index contributed by atoms with van der Waals surface area (Å²) in [7, 11) is 1.63. The number of nitrogens with zero attached hydrogens (tertiary/aromatic N) is 2. The number of hydrogen-bond acceptors (Lipinski definition) is 5. The molecular formula is C22H24N4O2. The molecule has 0 aliphatic carbocycles. The summed E-state index contributed by atoms with van der Waals surface area (Å²) in [5.41, 5.74) is 3.23. The summed E-state index contributed by atoms with van der Waals surface area (Å²) in [6.07, 6.45) is 1.56. The van der Waals surface area contributed by atoms with Crippen molar-refractivity contribution in [2.75, 3.05) is 17.7 Å². The third-order valence-corrected chi connectivity index (χ3v) is 4.35. The Kier molecular flexibility index (Phi) is 6.22. The fourth-order valence-electron chi connectivity index (χ4n) is 2.74. The second-order valence-corrected chi connectivity index (χ2v) is 6.66. The van der Waals surface area contributed by atoms with Gasteiger partial charge in [-0.2, -0.15) is 0 Å². The van der Waals surface area contributed by atoms with Crippen LogP contribution in [-0.4, -0.2) is 23.0 Å². The van der Waals surface area contributed by atoms with E-state index in [2.05, 4.69) is 34.4 Å². The monoisotopic (exact) mass is 376 g/mol. The summed E-state index contributed by atoms with van der Waals surface area (Å²) < 4.78 is 5.34. The Labute approximate surface area is 165 Å². The summed E-state index contributed by atoms with van der Waals surface area (Å²) in [6.45, 7) is 4.76. The van der Waals surface area contributed by atoms with Gasteiger partial charge >= 0.3 is 0 Å². The van der Waals surface area contributed by atoms with E-state index in [-0.39, 0.29) is 5.91 Å². The molecule has 0 saturated heterocycles. The number of carbonyl (C=O) groups excluding carboxylic acids is 1. The number of hydrogen-bond donors (Lipinski definition) is 2. The minimum atomic E-state index is -0.278. The van der Waals surface area contributed by atoms with Gasteiger partial charge in [0.2, 0.25) is 5.95 Å². The first-order valence-corrected chi connectivity index (χ1v) is 9.17. The molecule has 3 aromatic rings. The molecule has 1 amide bonds. The van der Waals surface area contributed by atoms with Crippen molar-refractivity contribution in [3.8, 4) is 5.75 Å². The lowest BCUT2D eigenvalue weighted by Gasteiger charge is -2.10. The molecule has 0 unspecified atom stereocenters. The molecule has 0 aliphatic rings. The van der Waals surface area contributed by atoms with E-state index in [1.807, 2.05) is 48.5 Å². The highest BCUT2D eigenvalue weighted by Crippen LogP contribution is 2.19. The van der Waals surface area contributed by atoms with Crippen molar-refractivity contribution in [2.45, 2.75) is 26.3 Å². The molecule has 0 bridgehead atoms. The van der Waals surface area contributed by atoms with Gasteiger partial charge in [0.25, 0.3) is 5.91 Å². The zero-order valence-corrected chi connectivity index (χ0v) is 16.3. The van der Waals surface area contributed by atoms with Crippen LogP contribution in [-0.2, 0) is 6.54 Å². The minimum absolute atomic E-state index is 0.278. The van der Waals surface area contributed by atoms with Gasteiger partial charge in [-0.15, -0.1) is 0 Å². The molecule has 3 rings (SSSR count). The van der Waals surface area contributed by atoms with Crippen molar-refractivity contribution in [3.05, 3.63) is 77.6 Å². The minimum Gasteiger partial charge on any atom is -0.496 e. The van der Waals surface area contributed by atoms with Crippen molar-refractivity contribution in [2.24, 2.45) is 0 Å². The van der Waals surface area contributed by atoms with E-state index >= 15 is 0 Å². The van der Waals surface area contributed by atoms with E-state index in [0.717, 1.165) is 17.0 Å². The molecule has 0 spiro atoms. The molecule has 1 heterocycles. The van der Waals surface area contributed by atoms with Crippen molar-refractivity contribution in [3.63, 3.8) is 0 Å². The van der Waals surface area contributed by atoms with E-state index in [4.69, 9.17) is 4.74 Å². The van der Waals surface area contributed by atoms with Crippen LogP contribution >= 0.6 is 0 Å². The summed E-state index contributed by atoms with van der Waals surface area (Å²) in [4.78, 5) is 21.0.